The van der Waals surface area contributed by atoms with E-state index in [1.54, 1.807) is 18.2 Å². The number of ether oxygens (including phenoxy) is 2. The molecule has 6 heteroatoms. The lowest BCUT2D eigenvalue weighted by Crippen LogP contribution is -2.24. The molecule has 0 fully saturated rings. The molecule has 0 saturated heterocycles. The van der Waals surface area contributed by atoms with Gasteiger partial charge in [-0.15, -0.1) is 0 Å². The van der Waals surface area contributed by atoms with Gasteiger partial charge in [0.1, 0.15) is 11.3 Å². The average Bonchev–Trinajstić information content (AvgIpc) is 3.26. The predicted molar refractivity (Wildman–Crippen MR) is 99.4 cm³/mol. The lowest BCUT2D eigenvalue weighted by molar-refractivity contribution is -0.117. The van der Waals surface area contributed by atoms with Gasteiger partial charge in [-0.25, -0.2) is 0 Å². The summed E-state index contributed by atoms with van der Waals surface area (Å²) in [5, 5.41) is 4.35. The summed E-state index contributed by atoms with van der Waals surface area (Å²) >= 11 is 6.14. The highest BCUT2D eigenvalue weighted by Crippen LogP contribution is 2.40. The predicted octanol–water partition coefficient (Wildman–Crippen LogP) is 4.71. The Kier molecular flexibility index (Phi) is 4.31. The maximum Gasteiger partial charge on any atom is 0.244 e. The highest BCUT2D eigenvalue weighted by Gasteiger charge is 2.18. The Balaban J connectivity index is 1.45. The van der Waals surface area contributed by atoms with Crippen molar-refractivity contribution >= 4 is 34.6 Å². The van der Waals surface area contributed by atoms with E-state index in [-0.39, 0.29) is 18.7 Å². The first-order chi connectivity index (χ1) is 12.6. The molecule has 1 aliphatic rings. The smallest absolute Gasteiger partial charge is 0.244 e. The summed E-state index contributed by atoms with van der Waals surface area (Å²) in [7, 11) is 0. The van der Waals surface area contributed by atoms with Gasteiger partial charge in [0.2, 0.25) is 12.7 Å². The third-order valence-corrected chi connectivity index (χ3v) is 4.39. The number of furan rings is 1. The lowest BCUT2D eigenvalue weighted by atomic mass is 10.2. The molecular weight excluding hydrogens is 354 g/mol. The Morgan fingerprint density at radius 2 is 2.08 bits per heavy atom. The van der Waals surface area contributed by atoms with Crippen LogP contribution in [0.4, 0.5) is 0 Å². The van der Waals surface area contributed by atoms with Crippen molar-refractivity contribution in [3.05, 3.63) is 64.9 Å². The summed E-state index contributed by atoms with van der Waals surface area (Å²) in [4.78, 5) is 12.2. The van der Waals surface area contributed by atoms with Crippen molar-refractivity contribution in [1.29, 1.82) is 0 Å². The molecule has 5 nitrogen and oxygen atoms in total. The minimum absolute atomic E-state index is 0.151. The van der Waals surface area contributed by atoms with E-state index in [0.717, 1.165) is 16.5 Å². The molecule has 0 spiro atoms. The van der Waals surface area contributed by atoms with E-state index in [2.05, 4.69) is 5.32 Å². The fourth-order valence-corrected chi connectivity index (χ4v) is 3.08. The van der Waals surface area contributed by atoms with Crippen molar-refractivity contribution in [2.45, 2.75) is 13.0 Å². The summed E-state index contributed by atoms with van der Waals surface area (Å²) in [5.41, 5.74) is 1.56. The summed E-state index contributed by atoms with van der Waals surface area (Å²) < 4.78 is 16.4. The molecule has 2 aromatic carbocycles. The highest BCUT2D eigenvalue weighted by atomic mass is 35.5. The van der Waals surface area contributed by atoms with E-state index < -0.39 is 0 Å². The van der Waals surface area contributed by atoms with Crippen LogP contribution in [0.5, 0.6) is 11.5 Å². The van der Waals surface area contributed by atoms with E-state index in [1.807, 2.05) is 37.3 Å². The van der Waals surface area contributed by atoms with Crippen LogP contribution in [0.25, 0.3) is 17.0 Å². The molecule has 0 bridgehead atoms. The third-order valence-electron chi connectivity index (χ3n) is 4.11. The highest BCUT2D eigenvalue weighted by molar-refractivity contribution is 6.32. The first-order valence-electron chi connectivity index (χ1n) is 8.16. The van der Waals surface area contributed by atoms with Gasteiger partial charge >= 0.3 is 0 Å². The first kappa shape index (κ1) is 16.5. The van der Waals surface area contributed by atoms with Gasteiger partial charge in [-0.05, 0) is 42.8 Å². The molecular formula is C20H16ClNO4. The molecule has 3 aromatic rings. The maximum atomic E-state index is 12.2. The molecule has 1 atom stereocenters. The van der Waals surface area contributed by atoms with Crippen molar-refractivity contribution in [2.75, 3.05) is 6.79 Å². The average molecular weight is 370 g/mol. The fraction of sp³-hybridized carbons (Fsp3) is 0.150. The van der Waals surface area contributed by atoms with Crippen molar-refractivity contribution in [3.63, 3.8) is 0 Å². The quantitative estimate of drug-likeness (QED) is 0.677. The zero-order chi connectivity index (χ0) is 18.1. The van der Waals surface area contributed by atoms with Crippen LogP contribution >= 0.6 is 11.6 Å². The van der Waals surface area contributed by atoms with E-state index in [9.17, 15) is 4.79 Å². The van der Waals surface area contributed by atoms with E-state index >= 15 is 0 Å². The maximum absolute atomic E-state index is 12.2. The Morgan fingerprint density at radius 3 is 2.92 bits per heavy atom. The molecule has 26 heavy (non-hydrogen) atoms. The summed E-state index contributed by atoms with van der Waals surface area (Å²) in [6.07, 6.45) is 3.13. The Labute approximate surface area is 155 Å². The van der Waals surface area contributed by atoms with Gasteiger partial charge in [-0.2, -0.15) is 0 Å². The molecule has 0 saturated carbocycles. The summed E-state index contributed by atoms with van der Waals surface area (Å²) in [5.74, 6) is 1.59. The van der Waals surface area contributed by atoms with Gasteiger partial charge < -0.3 is 19.2 Å². The van der Waals surface area contributed by atoms with Crippen LogP contribution in [0.2, 0.25) is 5.02 Å². The molecule has 4 rings (SSSR count). The van der Waals surface area contributed by atoms with Crippen LogP contribution in [0.15, 0.2) is 53.0 Å². The number of para-hydroxylation sites is 1. The molecule has 0 radical (unpaired) electrons. The third kappa shape index (κ3) is 3.26. The number of nitrogens with one attached hydrogen (secondary N) is 1. The van der Waals surface area contributed by atoms with Gasteiger partial charge in [0, 0.05) is 11.5 Å². The molecule has 1 amide bonds. The number of carbonyl (C=O) groups is 1. The van der Waals surface area contributed by atoms with E-state index in [1.165, 1.54) is 6.08 Å². The van der Waals surface area contributed by atoms with Crippen LogP contribution in [0.3, 0.4) is 0 Å². The molecule has 1 aliphatic heterocycles. The number of rotatable bonds is 4. The Morgan fingerprint density at radius 1 is 1.23 bits per heavy atom. The van der Waals surface area contributed by atoms with Crippen LogP contribution in [0, 0.1) is 0 Å². The minimum atomic E-state index is -0.250. The zero-order valence-electron chi connectivity index (χ0n) is 14.0. The second-order valence-electron chi connectivity index (χ2n) is 5.99. The Bertz CT molecular complexity index is 975. The number of carbonyl (C=O) groups excluding carboxylic acids is 1. The molecule has 0 unspecified atom stereocenters. The van der Waals surface area contributed by atoms with Crippen LogP contribution in [-0.2, 0) is 4.79 Å². The van der Waals surface area contributed by atoms with Gasteiger partial charge in [0.15, 0.2) is 11.5 Å². The van der Waals surface area contributed by atoms with Crippen molar-refractivity contribution in [2.24, 2.45) is 0 Å². The first-order valence-corrected chi connectivity index (χ1v) is 8.54. The normalized spacial score (nSPS) is 14.1. The molecule has 132 valence electrons. The zero-order valence-corrected chi connectivity index (χ0v) is 14.7. The number of hydrogen-bond donors (Lipinski definition) is 1. The number of benzene rings is 2. The number of amides is 1. The second kappa shape index (κ2) is 6.77. The van der Waals surface area contributed by atoms with Crippen LogP contribution in [0.1, 0.15) is 24.3 Å². The minimum Gasteiger partial charge on any atom is -0.459 e. The van der Waals surface area contributed by atoms with Crippen LogP contribution in [-0.4, -0.2) is 12.7 Å². The van der Waals surface area contributed by atoms with Gasteiger partial charge in [0.05, 0.1) is 11.1 Å². The number of halogens is 1. The van der Waals surface area contributed by atoms with Gasteiger partial charge in [-0.1, -0.05) is 29.8 Å². The number of fused-ring (bicyclic) bond motifs is 2. The largest absolute Gasteiger partial charge is 0.459 e. The van der Waals surface area contributed by atoms with Crippen molar-refractivity contribution in [1.82, 2.24) is 5.32 Å². The van der Waals surface area contributed by atoms with E-state index in [4.69, 9.17) is 25.5 Å². The second-order valence-corrected chi connectivity index (χ2v) is 6.39. The SMILES string of the molecule is C[C@@H](NC(=O)/C=C/c1cc(Cl)c2c(c1)OCO2)c1cc2ccccc2o1. The standard InChI is InChI=1S/C20H16ClNO4/c1-12(17-10-14-4-2-3-5-16(14)26-17)22-19(23)7-6-13-8-15(21)20-18(9-13)24-11-25-20/h2-10,12H,11H2,1H3,(H,22,23)/b7-6+/t12-/m1/s1. The molecule has 0 aliphatic carbocycles. The van der Waals surface area contributed by atoms with Gasteiger partial charge in [-0.3, -0.25) is 4.79 Å². The molecule has 1 N–H and O–H groups in total. The van der Waals surface area contributed by atoms with Gasteiger partial charge in [0.25, 0.3) is 0 Å². The fourth-order valence-electron chi connectivity index (χ4n) is 2.80. The lowest BCUT2D eigenvalue weighted by Gasteiger charge is -2.09. The van der Waals surface area contributed by atoms with Crippen molar-refractivity contribution < 1.29 is 18.7 Å². The van der Waals surface area contributed by atoms with Crippen molar-refractivity contribution in [3.8, 4) is 11.5 Å². The number of hydrogen-bond acceptors (Lipinski definition) is 4. The monoisotopic (exact) mass is 369 g/mol. The summed E-state index contributed by atoms with van der Waals surface area (Å²) in [6, 6.07) is 12.9. The molecule has 1 aromatic heterocycles. The van der Waals surface area contributed by atoms with Crippen LogP contribution < -0.4 is 14.8 Å². The summed E-state index contributed by atoms with van der Waals surface area (Å²) in [6.45, 7) is 2.03. The Hall–Kier alpha value is -2.92. The molecule has 2 heterocycles. The van der Waals surface area contributed by atoms with E-state index in [0.29, 0.717) is 22.3 Å². The topological polar surface area (TPSA) is 60.7 Å².